The zero-order valence-electron chi connectivity index (χ0n) is 11.7. The van der Waals surface area contributed by atoms with Crippen LogP contribution in [0.25, 0.3) is 0 Å². The predicted octanol–water partition coefficient (Wildman–Crippen LogP) is -2.55. The summed E-state index contributed by atoms with van der Waals surface area (Å²) in [7, 11) is -0.446. The third-order valence-electron chi connectivity index (χ3n) is 3.04. The predicted molar refractivity (Wildman–Crippen MR) is 85.1 cm³/mol. The number of hydrogen-bond acceptors (Lipinski definition) is 0. The van der Waals surface area contributed by atoms with E-state index in [0.29, 0.717) is 0 Å². The van der Waals surface area contributed by atoms with Crippen molar-refractivity contribution < 1.29 is 45.9 Å². The van der Waals surface area contributed by atoms with Gasteiger partial charge in [0.2, 0.25) is 0 Å². The Hall–Kier alpha value is -0.642. The van der Waals surface area contributed by atoms with Crippen molar-refractivity contribution >= 4 is 23.8 Å². The van der Waals surface area contributed by atoms with E-state index in [1.165, 1.54) is 15.9 Å². The van der Waals surface area contributed by atoms with Crippen LogP contribution in [0.5, 0.6) is 0 Å². The average molecular weight is 528 g/mol. The fourth-order valence-corrected chi connectivity index (χ4v) is 4.48. The molecule has 0 radical (unpaired) electrons. The van der Waals surface area contributed by atoms with Crippen molar-refractivity contribution in [1.29, 1.82) is 0 Å². The Labute approximate surface area is 160 Å². The molecule has 0 spiro atoms. The molecule has 0 aliphatic heterocycles. The molecule has 0 amide bonds. The van der Waals surface area contributed by atoms with E-state index in [2.05, 4.69) is 91.0 Å². The van der Waals surface area contributed by atoms with Crippen molar-refractivity contribution in [3.05, 3.63) is 91.0 Å². The topological polar surface area (TPSA) is 0 Å². The second kappa shape index (κ2) is 11.0. The molecule has 116 valence electrons. The third-order valence-corrected chi connectivity index (χ3v) is 5.49. The van der Waals surface area contributed by atoms with Gasteiger partial charge in [-0.3, -0.25) is 0 Å². The molecule has 0 atom stereocenters. The zero-order chi connectivity index (χ0) is 12.9. The smallest absolute Gasteiger partial charge is 1.00 e. The minimum absolute atomic E-state index is 0. The van der Waals surface area contributed by atoms with Crippen LogP contribution in [0.15, 0.2) is 91.0 Å². The van der Waals surface area contributed by atoms with Crippen molar-refractivity contribution in [2.24, 2.45) is 0 Å². The minimum atomic E-state index is -0.446. The standard InChI is InChI=1S/C18H15P.2ClH.Pt/c1-4-10-16(11-5-1)19(17-12-6-2-7-13-17)18-14-8-3-9-15-18;;;/h1-15H;2*1H;/q;;;+2/p-2. The molecule has 0 saturated heterocycles. The van der Waals surface area contributed by atoms with Crippen LogP contribution in [0, 0.1) is 0 Å². The molecule has 0 aromatic heterocycles. The van der Waals surface area contributed by atoms with Gasteiger partial charge in [-0.2, -0.15) is 0 Å². The van der Waals surface area contributed by atoms with Gasteiger partial charge in [0.1, 0.15) is 0 Å². The summed E-state index contributed by atoms with van der Waals surface area (Å²) in [5, 5.41) is 4.19. The molecule has 0 fully saturated rings. The molecular formula is C18H15Cl2PPt. The molecule has 4 heteroatoms. The van der Waals surface area contributed by atoms with Crippen LogP contribution in [0.4, 0.5) is 0 Å². The van der Waals surface area contributed by atoms with E-state index in [1.54, 1.807) is 0 Å². The molecule has 0 unspecified atom stereocenters. The summed E-state index contributed by atoms with van der Waals surface area (Å²) in [6.07, 6.45) is 0. The Balaban J connectivity index is 0.00000147. The molecule has 3 aromatic carbocycles. The number of rotatable bonds is 3. The molecule has 0 N–H and O–H groups in total. The van der Waals surface area contributed by atoms with Gasteiger partial charge >= 0.3 is 21.1 Å². The maximum Gasteiger partial charge on any atom is 2.00 e. The van der Waals surface area contributed by atoms with Crippen LogP contribution in [0.2, 0.25) is 0 Å². The first-order valence-electron chi connectivity index (χ1n) is 6.40. The molecule has 22 heavy (non-hydrogen) atoms. The first-order chi connectivity index (χ1) is 9.45. The van der Waals surface area contributed by atoms with Crippen LogP contribution in [-0.2, 0) is 21.1 Å². The third kappa shape index (κ3) is 5.22. The summed E-state index contributed by atoms with van der Waals surface area (Å²) in [5.41, 5.74) is 0. The van der Waals surface area contributed by atoms with Gasteiger partial charge < -0.3 is 24.8 Å². The summed E-state index contributed by atoms with van der Waals surface area (Å²) >= 11 is 0. The van der Waals surface area contributed by atoms with Crippen LogP contribution in [0.3, 0.4) is 0 Å². The average Bonchev–Trinajstić information content (AvgIpc) is 2.51. The number of benzene rings is 3. The van der Waals surface area contributed by atoms with E-state index in [-0.39, 0.29) is 45.9 Å². The summed E-state index contributed by atoms with van der Waals surface area (Å²) in [4.78, 5) is 0. The molecule has 0 aliphatic rings. The van der Waals surface area contributed by atoms with E-state index in [9.17, 15) is 0 Å². The fraction of sp³-hybridized carbons (Fsp3) is 0. The van der Waals surface area contributed by atoms with Crippen LogP contribution in [-0.4, -0.2) is 0 Å². The second-order valence-corrected chi connectivity index (χ2v) is 6.56. The van der Waals surface area contributed by atoms with Gasteiger partial charge in [0, 0.05) is 0 Å². The number of hydrogen-bond donors (Lipinski definition) is 0. The Morgan fingerprint density at radius 2 is 0.636 bits per heavy atom. The van der Waals surface area contributed by atoms with E-state index < -0.39 is 7.92 Å². The first kappa shape index (κ1) is 21.4. The van der Waals surface area contributed by atoms with Crippen molar-refractivity contribution in [3.63, 3.8) is 0 Å². The van der Waals surface area contributed by atoms with Gasteiger partial charge in [0.05, 0.1) is 0 Å². The van der Waals surface area contributed by atoms with Gasteiger partial charge in [-0.05, 0) is 23.8 Å². The Morgan fingerprint density at radius 3 is 0.864 bits per heavy atom. The SMILES string of the molecule is [Cl-].[Cl-].[Pt+2].c1ccc(P(c2ccccc2)c2ccccc2)cc1. The Kier molecular flexibility index (Phi) is 10.7. The van der Waals surface area contributed by atoms with E-state index in [1.807, 2.05) is 0 Å². The quantitative estimate of drug-likeness (QED) is 0.329. The first-order valence-corrected chi connectivity index (χ1v) is 7.74. The maximum atomic E-state index is 2.23. The largest absolute Gasteiger partial charge is 2.00 e. The van der Waals surface area contributed by atoms with Crippen molar-refractivity contribution in [3.8, 4) is 0 Å². The number of halogens is 2. The monoisotopic (exact) mass is 527 g/mol. The Bertz CT molecular complexity index is 539. The summed E-state index contributed by atoms with van der Waals surface area (Å²) in [5.74, 6) is 0. The Morgan fingerprint density at radius 1 is 0.409 bits per heavy atom. The molecule has 3 aromatic rings. The minimum Gasteiger partial charge on any atom is -1.00 e. The second-order valence-electron chi connectivity index (χ2n) is 4.34. The van der Waals surface area contributed by atoms with Gasteiger partial charge in [0.15, 0.2) is 0 Å². The van der Waals surface area contributed by atoms with Crippen LogP contribution in [0.1, 0.15) is 0 Å². The van der Waals surface area contributed by atoms with Crippen LogP contribution < -0.4 is 40.7 Å². The molecule has 3 rings (SSSR count). The molecule has 0 heterocycles. The summed E-state index contributed by atoms with van der Waals surface area (Å²) < 4.78 is 0. The summed E-state index contributed by atoms with van der Waals surface area (Å²) in [6, 6.07) is 32.3. The molecule has 0 nitrogen and oxygen atoms in total. The summed E-state index contributed by atoms with van der Waals surface area (Å²) in [6.45, 7) is 0. The molecule has 0 bridgehead atoms. The van der Waals surface area contributed by atoms with Crippen molar-refractivity contribution in [2.75, 3.05) is 0 Å². The molecule has 0 saturated carbocycles. The van der Waals surface area contributed by atoms with E-state index >= 15 is 0 Å². The normalized spacial score (nSPS) is 9.14. The van der Waals surface area contributed by atoms with Gasteiger partial charge in [-0.15, -0.1) is 0 Å². The van der Waals surface area contributed by atoms with Crippen LogP contribution >= 0.6 is 7.92 Å². The van der Waals surface area contributed by atoms with Gasteiger partial charge in [-0.1, -0.05) is 91.0 Å². The molecular weight excluding hydrogens is 513 g/mol. The van der Waals surface area contributed by atoms with Crippen molar-refractivity contribution in [1.82, 2.24) is 0 Å². The zero-order valence-corrected chi connectivity index (χ0v) is 16.4. The van der Waals surface area contributed by atoms with Gasteiger partial charge in [-0.25, -0.2) is 0 Å². The van der Waals surface area contributed by atoms with E-state index in [4.69, 9.17) is 0 Å². The maximum absolute atomic E-state index is 2.23. The fourth-order valence-electron chi connectivity index (χ4n) is 2.18. The van der Waals surface area contributed by atoms with E-state index in [0.717, 1.165) is 0 Å². The van der Waals surface area contributed by atoms with Crippen molar-refractivity contribution in [2.45, 2.75) is 0 Å². The molecule has 0 aliphatic carbocycles. The van der Waals surface area contributed by atoms with Gasteiger partial charge in [0.25, 0.3) is 0 Å².